The summed E-state index contributed by atoms with van der Waals surface area (Å²) in [5.41, 5.74) is 0.711. The number of Topliss-reactive ketones (excluding diaryl/α,β-unsaturated/α-hetero) is 1. The predicted octanol–water partition coefficient (Wildman–Crippen LogP) is 1.51. The number of benzene rings is 1. The fourth-order valence-corrected chi connectivity index (χ4v) is 1.48. The van der Waals surface area contributed by atoms with Crippen LogP contribution >= 0.6 is 0 Å². The Kier molecular flexibility index (Phi) is 2.10. The Morgan fingerprint density at radius 2 is 2.31 bits per heavy atom. The highest BCUT2D eigenvalue weighted by Gasteiger charge is 2.26. The first-order valence-corrected chi connectivity index (χ1v) is 4.13. The molecular weight excluding hydrogens is 171 g/mol. The van der Waals surface area contributed by atoms with E-state index in [1.165, 1.54) is 12.1 Å². The summed E-state index contributed by atoms with van der Waals surface area (Å²) >= 11 is 0. The van der Waals surface area contributed by atoms with Crippen LogP contribution in [0, 0.1) is 5.82 Å². The maximum Gasteiger partial charge on any atom is 0.168 e. The molecule has 1 fully saturated rings. The SMILES string of the molecule is O=C1COCC1c1cccc(F)c1. The van der Waals surface area contributed by atoms with Gasteiger partial charge < -0.3 is 4.74 Å². The van der Waals surface area contributed by atoms with Gasteiger partial charge >= 0.3 is 0 Å². The van der Waals surface area contributed by atoms with Crippen molar-refractivity contribution >= 4 is 5.78 Å². The molecule has 1 unspecified atom stereocenters. The molecule has 1 aromatic rings. The molecule has 1 heterocycles. The Bertz CT molecular complexity index is 335. The fourth-order valence-electron chi connectivity index (χ4n) is 1.48. The normalized spacial score (nSPS) is 22.2. The zero-order valence-electron chi connectivity index (χ0n) is 7.00. The Balaban J connectivity index is 2.29. The second-order valence-corrected chi connectivity index (χ2v) is 3.09. The summed E-state index contributed by atoms with van der Waals surface area (Å²) in [5, 5.41) is 0. The van der Waals surface area contributed by atoms with Crippen LogP contribution < -0.4 is 0 Å². The number of hydrogen-bond donors (Lipinski definition) is 0. The monoisotopic (exact) mass is 180 g/mol. The standard InChI is InChI=1S/C10H9FO2/c11-8-3-1-2-7(4-8)9-5-13-6-10(9)12/h1-4,9H,5-6H2. The minimum absolute atomic E-state index is 0.0330. The van der Waals surface area contributed by atoms with Crippen molar-refractivity contribution < 1.29 is 13.9 Å². The molecule has 0 N–H and O–H groups in total. The average Bonchev–Trinajstić information content (AvgIpc) is 2.51. The van der Waals surface area contributed by atoms with Crippen LogP contribution in [-0.2, 0) is 9.53 Å². The van der Waals surface area contributed by atoms with E-state index in [-0.39, 0.29) is 24.1 Å². The number of carbonyl (C=O) groups is 1. The van der Waals surface area contributed by atoms with E-state index in [2.05, 4.69) is 0 Å². The highest BCUT2D eigenvalue weighted by atomic mass is 19.1. The molecule has 0 radical (unpaired) electrons. The van der Waals surface area contributed by atoms with Gasteiger partial charge in [-0.3, -0.25) is 4.79 Å². The lowest BCUT2D eigenvalue weighted by molar-refractivity contribution is -0.118. The third-order valence-corrected chi connectivity index (χ3v) is 2.17. The minimum atomic E-state index is -0.308. The zero-order chi connectivity index (χ0) is 9.26. The first-order chi connectivity index (χ1) is 6.27. The molecule has 1 aliphatic heterocycles. The summed E-state index contributed by atoms with van der Waals surface area (Å²) in [6, 6.07) is 6.11. The van der Waals surface area contributed by atoms with Crippen LogP contribution in [0.5, 0.6) is 0 Å². The van der Waals surface area contributed by atoms with E-state index in [1.54, 1.807) is 12.1 Å². The van der Waals surface area contributed by atoms with Crippen LogP contribution in [0.4, 0.5) is 4.39 Å². The summed E-state index contributed by atoms with van der Waals surface area (Å²) in [6.07, 6.45) is 0. The molecule has 0 aliphatic carbocycles. The number of ether oxygens (including phenoxy) is 1. The van der Waals surface area contributed by atoms with Crippen molar-refractivity contribution in [2.75, 3.05) is 13.2 Å². The quantitative estimate of drug-likeness (QED) is 0.654. The molecule has 0 bridgehead atoms. The van der Waals surface area contributed by atoms with Crippen molar-refractivity contribution in [3.63, 3.8) is 0 Å². The van der Waals surface area contributed by atoms with Crippen molar-refractivity contribution in [1.82, 2.24) is 0 Å². The molecule has 3 heteroatoms. The molecule has 1 saturated heterocycles. The first kappa shape index (κ1) is 8.38. The van der Waals surface area contributed by atoms with Crippen LogP contribution in [-0.4, -0.2) is 19.0 Å². The Labute approximate surface area is 75.3 Å². The second-order valence-electron chi connectivity index (χ2n) is 3.09. The van der Waals surface area contributed by atoms with Crippen molar-refractivity contribution in [2.45, 2.75) is 5.92 Å². The van der Waals surface area contributed by atoms with Crippen LogP contribution in [0.25, 0.3) is 0 Å². The topological polar surface area (TPSA) is 26.3 Å². The van der Waals surface area contributed by atoms with Crippen molar-refractivity contribution in [3.8, 4) is 0 Å². The van der Waals surface area contributed by atoms with Gasteiger partial charge in [0.05, 0.1) is 12.5 Å². The maximum atomic E-state index is 12.8. The second kappa shape index (κ2) is 3.26. The van der Waals surface area contributed by atoms with E-state index in [4.69, 9.17) is 4.74 Å². The number of rotatable bonds is 1. The Hall–Kier alpha value is -1.22. The summed E-state index contributed by atoms with van der Waals surface area (Å²) in [6.45, 7) is 0.531. The summed E-state index contributed by atoms with van der Waals surface area (Å²) in [5.74, 6) is -0.543. The third kappa shape index (κ3) is 1.60. The van der Waals surface area contributed by atoms with E-state index in [1.807, 2.05) is 0 Å². The highest BCUT2D eigenvalue weighted by molar-refractivity contribution is 5.88. The van der Waals surface area contributed by atoms with Gasteiger partial charge in [0.25, 0.3) is 0 Å². The number of halogens is 1. The lowest BCUT2D eigenvalue weighted by Crippen LogP contribution is -2.08. The molecule has 0 spiro atoms. The zero-order valence-corrected chi connectivity index (χ0v) is 7.00. The van der Waals surface area contributed by atoms with Crippen LogP contribution in [0.2, 0.25) is 0 Å². The van der Waals surface area contributed by atoms with Crippen LogP contribution in [0.1, 0.15) is 11.5 Å². The molecule has 1 atom stereocenters. The molecule has 13 heavy (non-hydrogen) atoms. The summed E-state index contributed by atoms with van der Waals surface area (Å²) in [7, 11) is 0. The fraction of sp³-hybridized carbons (Fsp3) is 0.300. The van der Waals surface area contributed by atoms with E-state index in [0.717, 1.165) is 0 Å². The lowest BCUT2D eigenvalue weighted by atomic mass is 9.98. The first-order valence-electron chi connectivity index (χ1n) is 4.13. The lowest BCUT2D eigenvalue weighted by Gasteiger charge is -2.05. The van der Waals surface area contributed by atoms with E-state index >= 15 is 0 Å². The molecule has 0 aromatic heterocycles. The highest BCUT2D eigenvalue weighted by Crippen LogP contribution is 2.22. The van der Waals surface area contributed by atoms with Gasteiger partial charge in [-0.15, -0.1) is 0 Å². The van der Waals surface area contributed by atoms with Crippen molar-refractivity contribution in [1.29, 1.82) is 0 Å². The van der Waals surface area contributed by atoms with E-state index in [0.29, 0.717) is 12.2 Å². The molecule has 0 amide bonds. The molecule has 2 rings (SSSR count). The van der Waals surface area contributed by atoms with E-state index in [9.17, 15) is 9.18 Å². The molecule has 68 valence electrons. The van der Waals surface area contributed by atoms with E-state index < -0.39 is 0 Å². The molecule has 1 aromatic carbocycles. The Morgan fingerprint density at radius 3 is 2.92 bits per heavy atom. The molecule has 0 saturated carbocycles. The Morgan fingerprint density at radius 1 is 1.46 bits per heavy atom. The molecular formula is C10H9FO2. The largest absolute Gasteiger partial charge is 0.373 e. The molecule has 2 nitrogen and oxygen atoms in total. The number of hydrogen-bond acceptors (Lipinski definition) is 2. The van der Waals surface area contributed by atoms with Crippen LogP contribution in [0.3, 0.4) is 0 Å². The van der Waals surface area contributed by atoms with Crippen molar-refractivity contribution in [2.24, 2.45) is 0 Å². The molecule has 1 aliphatic rings. The van der Waals surface area contributed by atoms with Gasteiger partial charge in [-0.2, -0.15) is 0 Å². The van der Waals surface area contributed by atoms with Gasteiger partial charge in [0.1, 0.15) is 12.4 Å². The van der Waals surface area contributed by atoms with Crippen LogP contribution in [0.15, 0.2) is 24.3 Å². The third-order valence-electron chi connectivity index (χ3n) is 2.17. The predicted molar refractivity (Wildman–Crippen MR) is 45.0 cm³/mol. The summed E-state index contributed by atoms with van der Waals surface area (Å²) in [4.78, 5) is 11.2. The average molecular weight is 180 g/mol. The van der Waals surface area contributed by atoms with Crippen molar-refractivity contribution in [3.05, 3.63) is 35.6 Å². The summed E-state index contributed by atoms with van der Waals surface area (Å²) < 4.78 is 17.8. The van der Waals surface area contributed by atoms with Gasteiger partial charge in [-0.25, -0.2) is 4.39 Å². The van der Waals surface area contributed by atoms with Gasteiger partial charge in [-0.1, -0.05) is 12.1 Å². The number of ketones is 1. The maximum absolute atomic E-state index is 12.8. The number of carbonyl (C=O) groups excluding carboxylic acids is 1. The minimum Gasteiger partial charge on any atom is -0.373 e. The van der Waals surface area contributed by atoms with Gasteiger partial charge in [0, 0.05) is 0 Å². The van der Waals surface area contributed by atoms with Gasteiger partial charge in [-0.05, 0) is 17.7 Å². The van der Waals surface area contributed by atoms with Gasteiger partial charge in [0.15, 0.2) is 5.78 Å². The smallest absolute Gasteiger partial charge is 0.168 e. The van der Waals surface area contributed by atoms with Gasteiger partial charge in [0.2, 0.25) is 0 Å².